The van der Waals surface area contributed by atoms with E-state index in [0.29, 0.717) is 6.42 Å². The molecule has 23 heavy (non-hydrogen) atoms. The maximum Gasteiger partial charge on any atom is 0.234 e. The molecule has 0 saturated carbocycles. The Morgan fingerprint density at radius 1 is 1.39 bits per heavy atom. The Bertz CT molecular complexity index is 675. The summed E-state index contributed by atoms with van der Waals surface area (Å²) < 4.78 is 36.1. The third kappa shape index (κ3) is 4.75. The van der Waals surface area contributed by atoms with Gasteiger partial charge >= 0.3 is 0 Å². The third-order valence-corrected chi connectivity index (χ3v) is 6.25. The maximum absolute atomic E-state index is 13.0. The van der Waals surface area contributed by atoms with Crippen LogP contribution >= 0.6 is 0 Å². The topological polar surface area (TPSA) is 66.5 Å². The molecule has 2 atom stereocenters. The molecule has 128 valence electrons. The number of benzene rings is 1. The van der Waals surface area contributed by atoms with Crippen molar-refractivity contribution in [1.82, 2.24) is 10.2 Å². The number of amides is 1. The highest BCUT2D eigenvalue weighted by Crippen LogP contribution is 2.23. The highest BCUT2D eigenvalue weighted by atomic mass is 32.2. The number of halogens is 1. The molecule has 1 amide bonds. The van der Waals surface area contributed by atoms with E-state index >= 15 is 0 Å². The minimum Gasteiger partial charge on any atom is -0.349 e. The summed E-state index contributed by atoms with van der Waals surface area (Å²) in [6.07, 6.45) is 0.443. The molecule has 1 aliphatic heterocycles. The minimum atomic E-state index is -3.06. The first-order chi connectivity index (χ1) is 10.6. The van der Waals surface area contributed by atoms with Gasteiger partial charge in [-0.3, -0.25) is 9.69 Å². The van der Waals surface area contributed by atoms with Crippen molar-refractivity contribution in [2.24, 2.45) is 0 Å². The first kappa shape index (κ1) is 17.9. The van der Waals surface area contributed by atoms with Crippen LogP contribution in [0, 0.1) is 5.82 Å². The normalized spacial score (nSPS) is 24.6. The Kier molecular flexibility index (Phi) is 5.10. The molecule has 2 rings (SSSR count). The summed E-state index contributed by atoms with van der Waals surface area (Å²) in [7, 11) is -1.25. The predicted molar refractivity (Wildman–Crippen MR) is 87.3 cm³/mol. The van der Waals surface area contributed by atoms with E-state index in [4.69, 9.17) is 0 Å². The van der Waals surface area contributed by atoms with Gasteiger partial charge in [-0.15, -0.1) is 0 Å². The van der Waals surface area contributed by atoms with E-state index in [-0.39, 0.29) is 35.8 Å². The van der Waals surface area contributed by atoms with Gasteiger partial charge in [0.25, 0.3) is 0 Å². The molecule has 0 radical (unpaired) electrons. The molecular formula is C16H23FN2O3S. The molecule has 0 aromatic heterocycles. The van der Waals surface area contributed by atoms with Gasteiger partial charge in [-0.1, -0.05) is 12.1 Å². The van der Waals surface area contributed by atoms with Crippen LogP contribution in [-0.4, -0.2) is 49.9 Å². The monoisotopic (exact) mass is 342 g/mol. The van der Waals surface area contributed by atoms with Crippen LogP contribution < -0.4 is 5.32 Å². The molecule has 1 fully saturated rings. The van der Waals surface area contributed by atoms with Gasteiger partial charge in [0.2, 0.25) is 5.91 Å². The summed E-state index contributed by atoms with van der Waals surface area (Å²) in [5.74, 6) is -0.396. The number of hydrogen-bond acceptors (Lipinski definition) is 4. The van der Waals surface area contributed by atoms with Crippen LogP contribution in [0.5, 0.6) is 0 Å². The zero-order valence-electron chi connectivity index (χ0n) is 13.7. The highest BCUT2D eigenvalue weighted by Gasteiger charge is 2.39. The van der Waals surface area contributed by atoms with Gasteiger partial charge < -0.3 is 5.32 Å². The lowest BCUT2D eigenvalue weighted by atomic mass is 10.0. The molecule has 1 aromatic carbocycles. The van der Waals surface area contributed by atoms with Crippen LogP contribution in [0.1, 0.15) is 31.9 Å². The Morgan fingerprint density at radius 2 is 2.00 bits per heavy atom. The number of sulfone groups is 1. The van der Waals surface area contributed by atoms with Gasteiger partial charge in [0.1, 0.15) is 5.82 Å². The Balaban J connectivity index is 1.93. The summed E-state index contributed by atoms with van der Waals surface area (Å²) in [6, 6.07) is 6.12. The lowest BCUT2D eigenvalue weighted by Gasteiger charge is -2.28. The number of carbonyl (C=O) groups excluding carboxylic acids is 1. The van der Waals surface area contributed by atoms with Crippen LogP contribution in [-0.2, 0) is 14.6 Å². The second-order valence-electron chi connectivity index (χ2n) is 6.59. The number of likely N-dealkylation sites (N-methyl/N-ethyl adjacent to an activating group) is 1. The predicted octanol–water partition coefficient (Wildman–Crippen LogP) is 1.51. The summed E-state index contributed by atoms with van der Waals surface area (Å²) in [5.41, 5.74) is 0.229. The molecule has 7 heteroatoms. The lowest BCUT2D eigenvalue weighted by molar-refractivity contribution is -0.123. The van der Waals surface area contributed by atoms with Gasteiger partial charge in [-0.25, -0.2) is 12.8 Å². The number of nitrogens with zero attached hydrogens (tertiary/aromatic N) is 1. The van der Waals surface area contributed by atoms with Crippen LogP contribution in [0.2, 0.25) is 0 Å². The molecule has 1 saturated heterocycles. The third-order valence-electron chi connectivity index (χ3n) is 4.35. The van der Waals surface area contributed by atoms with Crippen molar-refractivity contribution < 1.29 is 17.6 Å². The van der Waals surface area contributed by atoms with Crippen molar-refractivity contribution >= 4 is 15.7 Å². The van der Waals surface area contributed by atoms with Crippen molar-refractivity contribution in [3.63, 3.8) is 0 Å². The van der Waals surface area contributed by atoms with Gasteiger partial charge in [0.05, 0.1) is 23.6 Å². The van der Waals surface area contributed by atoms with E-state index in [1.165, 1.54) is 12.1 Å². The average molecular weight is 342 g/mol. The van der Waals surface area contributed by atoms with E-state index in [2.05, 4.69) is 5.32 Å². The molecule has 2 unspecified atom stereocenters. The molecule has 1 N–H and O–H groups in total. The number of hydrogen-bond donors (Lipinski definition) is 1. The van der Waals surface area contributed by atoms with E-state index in [0.717, 1.165) is 5.56 Å². The molecule has 0 spiro atoms. The molecule has 0 bridgehead atoms. The molecule has 0 aliphatic carbocycles. The van der Waals surface area contributed by atoms with Crippen molar-refractivity contribution in [3.05, 3.63) is 35.6 Å². The van der Waals surface area contributed by atoms with Crippen LogP contribution in [0.4, 0.5) is 4.39 Å². The van der Waals surface area contributed by atoms with E-state index < -0.39 is 15.4 Å². The van der Waals surface area contributed by atoms with Crippen molar-refractivity contribution in [1.29, 1.82) is 0 Å². The smallest absolute Gasteiger partial charge is 0.234 e. The Morgan fingerprint density at radius 3 is 2.52 bits per heavy atom. The van der Waals surface area contributed by atoms with Crippen LogP contribution in [0.15, 0.2) is 24.3 Å². The summed E-state index contributed by atoms with van der Waals surface area (Å²) in [5, 5.41) is 2.84. The van der Waals surface area contributed by atoms with Crippen LogP contribution in [0.3, 0.4) is 0 Å². The molecule has 1 aromatic rings. The zero-order chi connectivity index (χ0) is 17.3. The summed E-state index contributed by atoms with van der Waals surface area (Å²) in [6.45, 7) is 3.84. The first-order valence-corrected chi connectivity index (χ1v) is 9.39. The van der Waals surface area contributed by atoms with E-state index in [1.54, 1.807) is 26.1 Å². The zero-order valence-corrected chi connectivity index (χ0v) is 14.5. The SMILES string of the molecule is CC(c1ccc(F)cc1)N(C)CC(=O)NC1(C)CCS(=O)(=O)C1. The standard InChI is InChI=1S/C16H23FN2O3S/c1-12(13-4-6-14(17)7-5-13)19(3)10-15(20)18-16(2)8-9-23(21,22)11-16/h4-7,12H,8-11H2,1-3H3,(H,18,20). The van der Waals surface area contributed by atoms with Crippen molar-refractivity contribution in [2.45, 2.75) is 31.8 Å². The van der Waals surface area contributed by atoms with Gasteiger partial charge in [-0.05, 0) is 45.0 Å². The van der Waals surface area contributed by atoms with Gasteiger partial charge in [-0.2, -0.15) is 0 Å². The fourth-order valence-corrected chi connectivity index (χ4v) is 4.94. The van der Waals surface area contributed by atoms with Crippen LogP contribution in [0.25, 0.3) is 0 Å². The fourth-order valence-electron chi connectivity index (χ4n) is 2.84. The number of rotatable bonds is 5. The van der Waals surface area contributed by atoms with E-state index in [9.17, 15) is 17.6 Å². The molecule has 1 heterocycles. The number of carbonyl (C=O) groups is 1. The maximum atomic E-state index is 13.0. The van der Waals surface area contributed by atoms with Gasteiger partial charge in [0, 0.05) is 6.04 Å². The fraction of sp³-hybridized carbons (Fsp3) is 0.562. The van der Waals surface area contributed by atoms with Crippen molar-refractivity contribution in [2.75, 3.05) is 25.1 Å². The molecule has 5 nitrogen and oxygen atoms in total. The van der Waals surface area contributed by atoms with Crippen molar-refractivity contribution in [3.8, 4) is 0 Å². The lowest BCUT2D eigenvalue weighted by Crippen LogP contribution is -2.50. The van der Waals surface area contributed by atoms with E-state index in [1.807, 2.05) is 11.8 Å². The average Bonchev–Trinajstić information content (AvgIpc) is 2.72. The largest absolute Gasteiger partial charge is 0.349 e. The second kappa shape index (κ2) is 6.57. The quantitative estimate of drug-likeness (QED) is 0.881. The highest BCUT2D eigenvalue weighted by molar-refractivity contribution is 7.91. The Labute approximate surface area is 136 Å². The first-order valence-electron chi connectivity index (χ1n) is 7.57. The second-order valence-corrected chi connectivity index (χ2v) is 8.78. The molecule has 1 aliphatic rings. The summed E-state index contributed by atoms with van der Waals surface area (Å²) >= 11 is 0. The van der Waals surface area contributed by atoms with Gasteiger partial charge in [0.15, 0.2) is 9.84 Å². The molecular weight excluding hydrogens is 319 g/mol. The Hall–Kier alpha value is -1.47. The minimum absolute atomic E-state index is 0.0109. The number of nitrogens with one attached hydrogen (secondary N) is 1. The summed E-state index contributed by atoms with van der Waals surface area (Å²) in [4.78, 5) is 14.1.